The Morgan fingerprint density at radius 3 is 2.71 bits per heavy atom. The molecular weight excluding hydrogens is 371 g/mol. The zero-order valence-corrected chi connectivity index (χ0v) is 16.4. The van der Waals surface area contributed by atoms with Crippen LogP contribution in [0.25, 0.3) is 0 Å². The number of aliphatic carboxylic acids is 1. The number of hydrogen-bond acceptors (Lipinski definition) is 3. The minimum absolute atomic E-state index is 0. The fraction of sp³-hybridized carbons (Fsp3) is 0.588. The Hall–Kier alpha value is -0.520. The maximum absolute atomic E-state index is 10.9. The Kier molecular flexibility index (Phi) is 8.82. The van der Waals surface area contributed by atoms with Gasteiger partial charge in [-0.25, -0.2) is 0 Å². The van der Waals surface area contributed by atoms with E-state index in [0.717, 1.165) is 37.9 Å². The first-order valence-corrected chi connectivity index (χ1v) is 8.75. The van der Waals surface area contributed by atoms with Crippen molar-refractivity contribution in [2.75, 3.05) is 26.7 Å². The smallest absolute Gasteiger partial charge is 0.317 e. The number of rotatable bonds is 5. The molecule has 1 aliphatic heterocycles. The number of carboxylic acid groups (broad SMARTS) is 1. The zero-order valence-electron chi connectivity index (χ0n) is 14.0. The van der Waals surface area contributed by atoms with Gasteiger partial charge in [0, 0.05) is 28.7 Å². The normalized spacial score (nSPS) is 20.3. The number of likely N-dealkylation sites (N-methyl/N-ethyl adjacent to an activating group) is 1. The lowest BCUT2D eigenvalue weighted by molar-refractivity contribution is -0.138. The first kappa shape index (κ1) is 21.5. The molecule has 2 atom stereocenters. The summed E-state index contributed by atoms with van der Waals surface area (Å²) in [7, 11) is 1.90. The number of likely N-dealkylation sites (tertiary alicyclic amines) is 1. The maximum atomic E-state index is 10.9. The van der Waals surface area contributed by atoms with E-state index in [-0.39, 0.29) is 25.0 Å². The van der Waals surface area contributed by atoms with Crippen LogP contribution in [0.15, 0.2) is 18.2 Å². The predicted octanol–water partition coefficient (Wildman–Crippen LogP) is 4.35. The van der Waals surface area contributed by atoms with Gasteiger partial charge in [-0.05, 0) is 57.5 Å². The van der Waals surface area contributed by atoms with Crippen molar-refractivity contribution in [2.45, 2.75) is 38.3 Å². The van der Waals surface area contributed by atoms with Crippen LogP contribution in [0.1, 0.15) is 37.8 Å². The summed E-state index contributed by atoms with van der Waals surface area (Å²) in [5.41, 5.74) is 1.09. The lowest BCUT2D eigenvalue weighted by Gasteiger charge is -2.29. The van der Waals surface area contributed by atoms with Crippen molar-refractivity contribution in [3.8, 4) is 0 Å². The van der Waals surface area contributed by atoms with Gasteiger partial charge in [0.2, 0.25) is 0 Å². The van der Waals surface area contributed by atoms with Gasteiger partial charge in [0.05, 0.1) is 6.54 Å². The Morgan fingerprint density at radius 2 is 2.08 bits per heavy atom. The first-order valence-electron chi connectivity index (χ1n) is 7.99. The van der Waals surface area contributed by atoms with Crippen molar-refractivity contribution < 1.29 is 9.90 Å². The van der Waals surface area contributed by atoms with Gasteiger partial charge in [-0.2, -0.15) is 0 Å². The molecule has 2 unspecified atom stereocenters. The third-order valence-corrected chi connectivity index (χ3v) is 5.26. The van der Waals surface area contributed by atoms with E-state index < -0.39 is 5.97 Å². The second kappa shape index (κ2) is 9.83. The van der Waals surface area contributed by atoms with E-state index in [1.807, 2.05) is 24.1 Å². The third kappa shape index (κ3) is 5.78. The lowest BCUT2D eigenvalue weighted by atomic mass is 10.1. The molecule has 0 spiro atoms. The maximum Gasteiger partial charge on any atom is 0.317 e. The van der Waals surface area contributed by atoms with Crippen LogP contribution in [0.4, 0.5) is 0 Å². The summed E-state index contributed by atoms with van der Waals surface area (Å²) < 4.78 is 0. The van der Waals surface area contributed by atoms with Crippen molar-refractivity contribution >= 4 is 41.6 Å². The highest BCUT2D eigenvalue weighted by molar-refractivity contribution is 6.35. The van der Waals surface area contributed by atoms with E-state index in [1.165, 1.54) is 0 Å². The highest BCUT2D eigenvalue weighted by Gasteiger charge is 2.25. The summed E-state index contributed by atoms with van der Waals surface area (Å²) in [5, 5.41) is 10.3. The highest BCUT2D eigenvalue weighted by Crippen LogP contribution is 2.31. The van der Waals surface area contributed by atoms with Crippen LogP contribution in [0.2, 0.25) is 10.0 Å². The average Bonchev–Trinajstić information content (AvgIpc) is 2.71. The third-order valence-electron chi connectivity index (χ3n) is 4.70. The lowest BCUT2D eigenvalue weighted by Crippen LogP contribution is -2.36. The Morgan fingerprint density at radius 1 is 1.38 bits per heavy atom. The number of carbonyl (C=O) groups is 1. The number of hydrogen-bond donors (Lipinski definition) is 1. The van der Waals surface area contributed by atoms with E-state index in [1.54, 1.807) is 6.07 Å². The molecule has 0 bridgehead atoms. The van der Waals surface area contributed by atoms with Crippen molar-refractivity contribution in [1.29, 1.82) is 0 Å². The minimum Gasteiger partial charge on any atom is -0.480 e. The van der Waals surface area contributed by atoms with Gasteiger partial charge in [-0.1, -0.05) is 29.3 Å². The molecular formula is C17H25Cl3N2O2. The molecule has 2 rings (SSSR count). The standard InChI is InChI=1S/C17H24Cl2N2O2.ClH/c1-12(15-6-5-13(18)10-16(15)19)21-8-3-4-14(7-9-21)20(2)11-17(22)23;/h5-6,10,12,14H,3-4,7-9,11H2,1-2H3,(H,22,23);1H. The summed E-state index contributed by atoms with van der Waals surface area (Å²) in [5.74, 6) is -0.769. The van der Waals surface area contributed by atoms with Crippen LogP contribution in [-0.2, 0) is 4.79 Å². The second-order valence-electron chi connectivity index (χ2n) is 6.27. The van der Waals surface area contributed by atoms with Crippen LogP contribution in [-0.4, -0.2) is 53.6 Å². The molecule has 24 heavy (non-hydrogen) atoms. The van der Waals surface area contributed by atoms with Gasteiger partial charge in [0.25, 0.3) is 0 Å². The molecule has 0 radical (unpaired) electrons. The van der Waals surface area contributed by atoms with Crippen molar-refractivity contribution in [1.82, 2.24) is 9.80 Å². The summed E-state index contributed by atoms with van der Waals surface area (Å²) in [4.78, 5) is 15.3. The molecule has 1 aromatic rings. The quantitative estimate of drug-likeness (QED) is 0.805. The summed E-state index contributed by atoms with van der Waals surface area (Å²) in [6.45, 7) is 4.20. The van der Waals surface area contributed by atoms with Gasteiger partial charge < -0.3 is 5.11 Å². The van der Waals surface area contributed by atoms with E-state index in [4.69, 9.17) is 28.3 Å². The molecule has 1 fully saturated rings. The summed E-state index contributed by atoms with van der Waals surface area (Å²) in [6.07, 6.45) is 3.06. The molecule has 1 aliphatic rings. The Balaban J connectivity index is 0.00000288. The van der Waals surface area contributed by atoms with E-state index in [9.17, 15) is 4.79 Å². The monoisotopic (exact) mass is 394 g/mol. The van der Waals surface area contributed by atoms with E-state index >= 15 is 0 Å². The largest absolute Gasteiger partial charge is 0.480 e. The highest BCUT2D eigenvalue weighted by atomic mass is 35.5. The Labute approximate surface area is 160 Å². The SMILES string of the molecule is CC(c1ccc(Cl)cc1Cl)N1CCCC(N(C)CC(=O)O)CC1.Cl. The molecule has 4 nitrogen and oxygen atoms in total. The van der Waals surface area contributed by atoms with Gasteiger partial charge in [0.1, 0.15) is 0 Å². The number of benzene rings is 1. The summed E-state index contributed by atoms with van der Waals surface area (Å²) >= 11 is 12.3. The Bertz CT molecular complexity index is 557. The minimum atomic E-state index is -0.769. The topological polar surface area (TPSA) is 43.8 Å². The van der Waals surface area contributed by atoms with Crippen LogP contribution in [0.3, 0.4) is 0 Å². The zero-order chi connectivity index (χ0) is 17.0. The van der Waals surface area contributed by atoms with Gasteiger partial charge in [-0.3, -0.25) is 14.6 Å². The van der Waals surface area contributed by atoms with E-state index in [0.29, 0.717) is 16.1 Å². The second-order valence-corrected chi connectivity index (χ2v) is 7.11. The molecule has 1 N–H and O–H groups in total. The number of halogens is 3. The van der Waals surface area contributed by atoms with Crippen LogP contribution >= 0.6 is 35.6 Å². The molecule has 0 amide bonds. The fourth-order valence-electron chi connectivity index (χ4n) is 3.31. The molecule has 1 heterocycles. The molecule has 0 saturated carbocycles. The predicted molar refractivity (Wildman–Crippen MR) is 102 cm³/mol. The molecule has 0 aromatic heterocycles. The van der Waals surface area contributed by atoms with Crippen molar-refractivity contribution in [3.63, 3.8) is 0 Å². The molecule has 7 heteroatoms. The van der Waals surface area contributed by atoms with Gasteiger partial charge in [0.15, 0.2) is 0 Å². The summed E-state index contributed by atoms with van der Waals surface area (Å²) in [6, 6.07) is 6.21. The van der Waals surface area contributed by atoms with Crippen LogP contribution in [0, 0.1) is 0 Å². The van der Waals surface area contributed by atoms with Gasteiger partial charge >= 0.3 is 5.97 Å². The van der Waals surface area contributed by atoms with Gasteiger partial charge in [-0.15, -0.1) is 12.4 Å². The van der Waals surface area contributed by atoms with Crippen molar-refractivity contribution in [3.05, 3.63) is 33.8 Å². The van der Waals surface area contributed by atoms with Crippen LogP contribution in [0.5, 0.6) is 0 Å². The number of carboxylic acids is 1. The molecule has 136 valence electrons. The molecule has 1 saturated heterocycles. The van der Waals surface area contributed by atoms with E-state index in [2.05, 4.69) is 11.8 Å². The fourth-order valence-corrected chi connectivity index (χ4v) is 3.87. The first-order chi connectivity index (χ1) is 10.9. The molecule has 1 aromatic carbocycles. The van der Waals surface area contributed by atoms with Crippen molar-refractivity contribution in [2.24, 2.45) is 0 Å². The number of nitrogens with zero attached hydrogens (tertiary/aromatic N) is 2. The van der Waals surface area contributed by atoms with Crippen LogP contribution < -0.4 is 0 Å². The molecule has 0 aliphatic carbocycles. The average molecular weight is 396 g/mol.